The number of hydrogen-bond acceptors (Lipinski definition) is 2. The van der Waals surface area contributed by atoms with Gasteiger partial charge in [0, 0.05) is 12.8 Å². The normalized spacial score (nSPS) is 16.0. The first kappa shape index (κ1) is 21.6. The summed E-state index contributed by atoms with van der Waals surface area (Å²) in [4.78, 5) is 5.62. The van der Waals surface area contributed by atoms with Crippen molar-refractivity contribution in [3.63, 3.8) is 0 Å². The van der Waals surface area contributed by atoms with Crippen molar-refractivity contribution in [3.05, 3.63) is 29.3 Å². The molecule has 0 atom stereocenters. The third-order valence-electron chi connectivity index (χ3n) is 4.17. The van der Waals surface area contributed by atoms with E-state index in [0.717, 1.165) is 22.9 Å². The second kappa shape index (κ2) is 11.2. The molecule has 5 heteroatoms. The van der Waals surface area contributed by atoms with Gasteiger partial charge in [-0.05, 0) is 29.7 Å². The van der Waals surface area contributed by atoms with Crippen LogP contribution >= 0.6 is 17.0 Å². The average molecular weight is 451 g/mol. The van der Waals surface area contributed by atoms with Gasteiger partial charge in [0.1, 0.15) is 0 Å². The monoisotopic (exact) mass is 448 g/mol. The third kappa shape index (κ3) is 7.99. The van der Waals surface area contributed by atoms with Crippen molar-refractivity contribution in [2.45, 2.75) is 63.2 Å². The molecule has 0 unspecified atom stereocenters. The molecular weight excluding hydrogens is 424 g/mol. The molecule has 1 nitrogen and oxygen atoms in total. The van der Waals surface area contributed by atoms with Crippen molar-refractivity contribution in [2.24, 2.45) is 10.9 Å². The molecule has 1 aromatic carbocycles. The van der Waals surface area contributed by atoms with E-state index in [4.69, 9.17) is 29.7 Å². The second-order valence-electron chi connectivity index (χ2n) is 7.04. The number of nitrogens with zero attached hydrogens (tertiary/aromatic N) is 1. The second-order valence-corrected chi connectivity index (χ2v) is 11.2. The predicted molar refractivity (Wildman–Crippen MR) is 102 cm³/mol. The number of halogens is 2. The SMILES string of the molecule is CC(C)(C)c1cccc(C=NCC2CCCCC2)c1[S-].[Cl][Zr][Cl]. The van der Waals surface area contributed by atoms with Crippen LogP contribution in [0, 0.1) is 5.92 Å². The molecule has 0 heterocycles. The summed E-state index contributed by atoms with van der Waals surface area (Å²) in [5.41, 5.74) is 2.45. The van der Waals surface area contributed by atoms with Gasteiger partial charge in [-0.3, -0.25) is 4.99 Å². The summed E-state index contributed by atoms with van der Waals surface area (Å²) in [6, 6.07) is 6.32. The molecule has 2 rings (SSSR count). The Kier molecular flexibility index (Phi) is 10.6. The van der Waals surface area contributed by atoms with Crippen molar-refractivity contribution in [1.82, 2.24) is 0 Å². The molecule has 0 aliphatic heterocycles. The van der Waals surface area contributed by atoms with Crippen LogP contribution < -0.4 is 0 Å². The topological polar surface area (TPSA) is 12.4 Å². The van der Waals surface area contributed by atoms with Crippen molar-refractivity contribution in [2.75, 3.05) is 6.54 Å². The van der Waals surface area contributed by atoms with E-state index in [0.29, 0.717) is 0 Å². The maximum atomic E-state index is 5.62. The van der Waals surface area contributed by atoms with E-state index in [9.17, 15) is 0 Å². The van der Waals surface area contributed by atoms with Gasteiger partial charge in [0.05, 0.1) is 0 Å². The summed E-state index contributed by atoms with van der Waals surface area (Å²) < 4.78 is 0. The Labute approximate surface area is 165 Å². The predicted octanol–water partition coefficient (Wildman–Crippen LogP) is 6.27. The summed E-state index contributed by atoms with van der Waals surface area (Å²) in [6.07, 6.45) is 8.86. The van der Waals surface area contributed by atoms with Crippen LogP contribution in [-0.4, -0.2) is 12.8 Å². The van der Waals surface area contributed by atoms with E-state index < -0.39 is 20.8 Å². The van der Waals surface area contributed by atoms with Gasteiger partial charge in [-0.2, -0.15) is 4.90 Å². The molecule has 0 spiro atoms. The zero-order chi connectivity index (χ0) is 17.3. The molecule has 23 heavy (non-hydrogen) atoms. The van der Waals surface area contributed by atoms with E-state index in [1.54, 1.807) is 0 Å². The molecule has 1 aliphatic rings. The summed E-state index contributed by atoms with van der Waals surface area (Å²) >= 11 is 4.79. The molecule has 0 bridgehead atoms. The standard InChI is InChI=1S/C18H27NS.2ClH.Zr/c1-18(2,3)16-11-7-10-15(17(16)20)13-19-12-14-8-5-4-6-9-14;;;/h7,10-11,13-14,20H,4-6,8-9,12H2,1-3H3;2*1H;/q;;;+2/p-3. The van der Waals surface area contributed by atoms with Crippen LogP contribution in [0.4, 0.5) is 0 Å². The molecule has 1 aliphatic carbocycles. The number of benzene rings is 1. The quantitative estimate of drug-likeness (QED) is 0.391. The Bertz CT molecular complexity index is 494. The van der Waals surface area contributed by atoms with Gasteiger partial charge in [0.2, 0.25) is 0 Å². The van der Waals surface area contributed by atoms with Crippen molar-refractivity contribution in [3.8, 4) is 0 Å². The van der Waals surface area contributed by atoms with Gasteiger partial charge >= 0.3 is 37.9 Å². The van der Waals surface area contributed by atoms with Crippen LogP contribution in [0.1, 0.15) is 64.0 Å². The van der Waals surface area contributed by atoms with Crippen LogP contribution in [0.3, 0.4) is 0 Å². The minimum atomic E-state index is -0.826. The molecule has 1 aromatic rings. The zero-order valence-electron chi connectivity index (χ0n) is 14.2. The van der Waals surface area contributed by atoms with Crippen molar-refractivity contribution < 1.29 is 20.8 Å². The summed E-state index contributed by atoms with van der Waals surface area (Å²) in [5.74, 6) is 0.791. The zero-order valence-corrected chi connectivity index (χ0v) is 19.0. The van der Waals surface area contributed by atoms with Gasteiger partial charge in [0.15, 0.2) is 0 Å². The first-order valence-corrected chi connectivity index (χ1v) is 14.9. The molecule has 1 saturated carbocycles. The fourth-order valence-electron chi connectivity index (χ4n) is 2.92. The van der Waals surface area contributed by atoms with E-state index >= 15 is 0 Å². The third-order valence-corrected chi connectivity index (χ3v) is 4.63. The van der Waals surface area contributed by atoms with Gasteiger partial charge in [0.25, 0.3) is 0 Å². The molecule has 0 N–H and O–H groups in total. The van der Waals surface area contributed by atoms with Crippen LogP contribution in [0.15, 0.2) is 28.1 Å². The first-order valence-electron chi connectivity index (χ1n) is 8.16. The molecule has 0 aromatic heterocycles. The molecule has 0 saturated heterocycles. The first-order chi connectivity index (χ1) is 10.9. The van der Waals surface area contributed by atoms with Gasteiger partial charge in [-0.25, -0.2) is 0 Å². The number of aliphatic imine (C=N–C) groups is 1. The number of hydrogen-bond donors (Lipinski definition) is 0. The summed E-state index contributed by atoms with van der Waals surface area (Å²) in [5, 5.41) is 0. The summed E-state index contributed by atoms with van der Waals surface area (Å²) in [7, 11) is 9.87. The molecular formula is C18H26Cl2NSZr-. The van der Waals surface area contributed by atoms with Crippen LogP contribution in [0.5, 0.6) is 0 Å². The van der Waals surface area contributed by atoms with Crippen molar-refractivity contribution >= 4 is 35.9 Å². The Morgan fingerprint density at radius 3 is 2.39 bits per heavy atom. The number of rotatable bonds is 3. The van der Waals surface area contributed by atoms with Gasteiger partial charge < -0.3 is 12.6 Å². The molecule has 128 valence electrons. The summed E-state index contributed by atoms with van der Waals surface area (Å²) in [6.45, 7) is 7.60. The Hall–Kier alpha value is 0.573. The Morgan fingerprint density at radius 2 is 1.83 bits per heavy atom. The van der Waals surface area contributed by atoms with Crippen molar-refractivity contribution in [1.29, 1.82) is 0 Å². The average Bonchev–Trinajstić information content (AvgIpc) is 2.50. The van der Waals surface area contributed by atoms with Crippen LogP contribution in [0.25, 0.3) is 0 Å². The molecule has 1 fully saturated rings. The molecule has 0 amide bonds. The van der Waals surface area contributed by atoms with E-state index in [1.165, 1.54) is 37.7 Å². The minimum absolute atomic E-state index is 0.101. The van der Waals surface area contributed by atoms with E-state index in [1.807, 2.05) is 6.21 Å². The van der Waals surface area contributed by atoms with Gasteiger partial charge in [-0.15, -0.1) is 0 Å². The molecule has 0 radical (unpaired) electrons. The van der Waals surface area contributed by atoms with Crippen LogP contribution in [-0.2, 0) is 38.9 Å². The fraction of sp³-hybridized carbons (Fsp3) is 0.611. The fourth-order valence-corrected chi connectivity index (χ4v) is 3.41. The van der Waals surface area contributed by atoms with Gasteiger partial charge in [-0.1, -0.05) is 63.8 Å². The van der Waals surface area contributed by atoms with Crippen LogP contribution in [0.2, 0.25) is 0 Å². The maximum absolute atomic E-state index is 5.62. The Balaban J connectivity index is 0.000000816. The van der Waals surface area contributed by atoms with E-state index in [-0.39, 0.29) is 5.41 Å². The Morgan fingerprint density at radius 1 is 1.22 bits per heavy atom. The van der Waals surface area contributed by atoms with E-state index in [2.05, 4.69) is 44.0 Å².